The number of fused-ring (bicyclic) bond motifs is 1. The Labute approximate surface area is 91.6 Å². The van der Waals surface area contributed by atoms with Crippen molar-refractivity contribution in [1.82, 2.24) is 4.98 Å². The monoisotopic (exact) mass is 226 g/mol. The minimum Gasteiger partial charge on any atom is -0.398 e. The number of nitrogens with two attached hydrogens (primary N) is 1. The van der Waals surface area contributed by atoms with Crippen LogP contribution in [-0.2, 0) is 0 Å². The number of hydrogen-bond donors (Lipinski definition) is 1. The number of nitrogens with zero attached hydrogens (tertiary/aromatic N) is 1. The highest BCUT2D eigenvalue weighted by molar-refractivity contribution is 6.33. The summed E-state index contributed by atoms with van der Waals surface area (Å²) in [5.74, 6) is 0. The Kier molecular flexibility index (Phi) is 2.25. The fourth-order valence-electron chi connectivity index (χ4n) is 1.40. The molecule has 2 aromatic rings. The van der Waals surface area contributed by atoms with Crippen molar-refractivity contribution in [2.24, 2.45) is 0 Å². The van der Waals surface area contributed by atoms with E-state index in [9.17, 15) is 0 Å². The fraction of sp³-hybridized carbons (Fsp3) is 0.100. The molecule has 0 amide bonds. The fourth-order valence-corrected chi connectivity index (χ4v) is 1.75. The van der Waals surface area contributed by atoms with E-state index < -0.39 is 0 Å². The third-order valence-electron chi connectivity index (χ3n) is 2.17. The SMILES string of the molecule is Cc1c(Cl)ccc2c(N)cc(Cl)nc12. The van der Waals surface area contributed by atoms with Crippen LogP contribution in [0.3, 0.4) is 0 Å². The van der Waals surface area contributed by atoms with E-state index in [0.717, 1.165) is 16.5 Å². The van der Waals surface area contributed by atoms with E-state index in [4.69, 9.17) is 28.9 Å². The van der Waals surface area contributed by atoms with Gasteiger partial charge >= 0.3 is 0 Å². The summed E-state index contributed by atoms with van der Waals surface area (Å²) in [7, 11) is 0. The van der Waals surface area contributed by atoms with E-state index >= 15 is 0 Å². The summed E-state index contributed by atoms with van der Waals surface area (Å²) in [5.41, 5.74) is 8.10. The van der Waals surface area contributed by atoms with Crippen LogP contribution in [0.25, 0.3) is 10.9 Å². The van der Waals surface area contributed by atoms with Gasteiger partial charge in [0.05, 0.1) is 5.52 Å². The maximum atomic E-state index is 5.97. The van der Waals surface area contributed by atoms with Crippen molar-refractivity contribution >= 4 is 39.8 Å². The van der Waals surface area contributed by atoms with E-state index in [2.05, 4.69) is 4.98 Å². The second kappa shape index (κ2) is 3.30. The van der Waals surface area contributed by atoms with Gasteiger partial charge in [-0.2, -0.15) is 0 Å². The van der Waals surface area contributed by atoms with Gasteiger partial charge in [0.15, 0.2) is 0 Å². The zero-order valence-corrected chi connectivity index (χ0v) is 9.02. The first-order valence-electron chi connectivity index (χ1n) is 4.10. The van der Waals surface area contributed by atoms with Crippen molar-refractivity contribution in [3.05, 3.63) is 33.9 Å². The molecular weight excluding hydrogens is 219 g/mol. The smallest absolute Gasteiger partial charge is 0.131 e. The molecule has 0 saturated heterocycles. The van der Waals surface area contributed by atoms with Crippen molar-refractivity contribution in [1.29, 1.82) is 0 Å². The molecule has 1 aromatic heterocycles. The summed E-state index contributed by atoms with van der Waals surface area (Å²) in [6.07, 6.45) is 0. The molecule has 0 aliphatic heterocycles. The third-order valence-corrected chi connectivity index (χ3v) is 2.77. The van der Waals surface area contributed by atoms with E-state index in [1.807, 2.05) is 19.1 Å². The van der Waals surface area contributed by atoms with Gasteiger partial charge in [-0.05, 0) is 30.7 Å². The number of benzene rings is 1. The first-order valence-corrected chi connectivity index (χ1v) is 4.86. The number of rotatable bonds is 0. The van der Waals surface area contributed by atoms with Gasteiger partial charge in [-0.25, -0.2) is 4.98 Å². The molecule has 0 bridgehead atoms. The summed E-state index contributed by atoms with van der Waals surface area (Å²) in [4.78, 5) is 4.20. The molecule has 0 radical (unpaired) electrons. The predicted octanol–water partition coefficient (Wildman–Crippen LogP) is 3.43. The van der Waals surface area contributed by atoms with Gasteiger partial charge in [-0.1, -0.05) is 23.2 Å². The van der Waals surface area contributed by atoms with Gasteiger partial charge in [-0.15, -0.1) is 0 Å². The number of anilines is 1. The van der Waals surface area contributed by atoms with Gasteiger partial charge in [0.2, 0.25) is 0 Å². The molecule has 0 saturated carbocycles. The van der Waals surface area contributed by atoms with Crippen molar-refractivity contribution in [2.75, 3.05) is 5.73 Å². The average Bonchev–Trinajstić information content (AvgIpc) is 2.12. The van der Waals surface area contributed by atoms with Crippen LogP contribution >= 0.6 is 23.2 Å². The molecule has 0 aliphatic carbocycles. The molecule has 14 heavy (non-hydrogen) atoms. The van der Waals surface area contributed by atoms with Gasteiger partial charge in [-0.3, -0.25) is 0 Å². The minimum absolute atomic E-state index is 0.389. The average molecular weight is 227 g/mol. The van der Waals surface area contributed by atoms with Crippen LogP contribution in [0.2, 0.25) is 10.2 Å². The van der Waals surface area contributed by atoms with Crippen LogP contribution in [0.4, 0.5) is 5.69 Å². The molecule has 0 spiro atoms. The minimum atomic E-state index is 0.389. The summed E-state index contributed by atoms with van der Waals surface area (Å²) < 4.78 is 0. The Bertz CT molecular complexity index is 509. The van der Waals surface area contributed by atoms with Crippen LogP contribution < -0.4 is 5.73 Å². The van der Waals surface area contributed by atoms with Crippen LogP contribution in [0.1, 0.15) is 5.56 Å². The normalized spacial score (nSPS) is 10.8. The topological polar surface area (TPSA) is 38.9 Å². The third kappa shape index (κ3) is 1.41. The Hall–Kier alpha value is -0.990. The molecule has 2 nitrogen and oxygen atoms in total. The zero-order chi connectivity index (χ0) is 10.3. The quantitative estimate of drug-likeness (QED) is 0.700. The molecule has 72 valence electrons. The zero-order valence-electron chi connectivity index (χ0n) is 7.51. The predicted molar refractivity (Wildman–Crippen MR) is 60.9 cm³/mol. The summed E-state index contributed by atoms with van der Waals surface area (Å²) in [6, 6.07) is 5.30. The Morgan fingerprint density at radius 1 is 1.29 bits per heavy atom. The van der Waals surface area contributed by atoms with Crippen molar-refractivity contribution in [2.45, 2.75) is 6.92 Å². The van der Waals surface area contributed by atoms with Crippen molar-refractivity contribution in [3.63, 3.8) is 0 Å². The lowest BCUT2D eigenvalue weighted by molar-refractivity contribution is 1.37. The molecule has 0 unspecified atom stereocenters. The van der Waals surface area contributed by atoms with Gasteiger partial charge in [0.1, 0.15) is 5.15 Å². The molecular formula is C10H8Cl2N2. The highest BCUT2D eigenvalue weighted by Gasteiger charge is 2.06. The molecule has 2 N–H and O–H groups in total. The first-order chi connectivity index (χ1) is 6.59. The lowest BCUT2D eigenvalue weighted by atomic mass is 10.1. The second-order valence-corrected chi connectivity index (χ2v) is 3.90. The molecule has 0 aliphatic rings. The highest BCUT2D eigenvalue weighted by atomic mass is 35.5. The highest BCUT2D eigenvalue weighted by Crippen LogP contribution is 2.29. The number of halogens is 2. The summed E-state index contributed by atoms with van der Waals surface area (Å²) >= 11 is 11.8. The van der Waals surface area contributed by atoms with Gasteiger partial charge in [0.25, 0.3) is 0 Å². The van der Waals surface area contributed by atoms with Crippen LogP contribution in [-0.4, -0.2) is 4.98 Å². The van der Waals surface area contributed by atoms with Crippen LogP contribution in [0.5, 0.6) is 0 Å². The molecule has 4 heteroatoms. The molecule has 1 heterocycles. The number of aryl methyl sites for hydroxylation is 1. The van der Waals surface area contributed by atoms with E-state index in [-0.39, 0.29) is 0 Å². The number of nitrogen functional groups attached to an aromatic ring is 1. The van der Waals surface area contributed by atoms with Crippen molar-refractivity contribution in [3.8, 4) is 0 Å². The summed E-state index contributed by atoms with van der Waals surface area (Å²) in [5, 5.41) is 1.95. The molecule has 0 fully saturated rings. The van der Waals surface area contributed by atoms with E-state index in [1.54, 1.807) is 6.07 Å². The lowest BCUT2D eigenvalue weighted by Crippen LogP contribution is -1.92. The van der Waals surface area contributed by atoms with Gasteiger partial charge < -0.3 is 5.73 Å². The maximum Gasteiger partial charge on any atom is 0.131 e. The van der Waals surface area contributed by atoms with Crippen molar-refractivity contribution < 1.29 is 0 Å². The second-order valence-electron chi connectivity index (χ2n) is 3.10. The maximum absolute atomic E-state index is 5.97. The lowest BCUT2D eigenvalue weighted by Gasteiger charge is -2.06. The number of pyridine rings is 1. The largest absolute Gasteiger partial charge is 0.398 e. The molecule has 1 aromatic carbocycles. The Morgan fingerprint density at radius 2 is 2.00 bits per heavy atom. The standard InChI is InChI=1S/C10H8Cl2N2/c1-5-7(11)3-2-6-8(13)4-9(12)14-10(5)6/h2-4H,1H3,(H2,13,14). The number of aromatic nitrogens is 1. The van der Waals surface area contributed by atoms with Crippen LogP contribution in [0, 0.1) is 6.92 Å². The Balaban J connectivity index is 2.95. The molecule has 0 atom stereocenters. The van der Waals surface area contributed by atoms with E-state index in [1.165, 1.54) is 0 Å². The molecule has 2 rings (SSSR count). The van der Waals surface area contributed by atoms with Gasteiger partial charge in [0, 0.05) is 16.1 Å². The van der Waals surface area contributed by atoms with E-state index in [0.29, 0.717) is 15.9 Å². The number of hydrogen-bond acceptors (Lipinski definition) is 2. The first kappa shape index (κ1) is 9.56. The Morgan fingerprint density at radius 3 is 2.71 bits per heavy atom. The summed E-state index contributed by atoms with van der Waals surface area (Å²) in [6.45, 7) is 1.90. The van der Waals surface area contributed by atoms with Crippen LogP contribution in [0.15, 0.2) is 18.2 Å².